The van der Waals surface area contributed by atoms with Gasteiger partial charge in [0.05, 0.1) is 12.1 Å². The molecule has 1 saturated carbocycles. The topological polar surface area (TPSA) is 87.0 Å². The molecule has 0 radical (unpaired) electrons. The molecule has 3 heterocycles. The Morgan fingerprint density at radius 2 is 1.93 bits per heavy atom. The minimum atomic E-state index is -0.460. The highest BCUT2D eigenvalue weighted by molar-refractivity contribution is 5.94. The van der Waals surface area contributed by atoms with Gasteiger partial charge in [-0.25, -0.2) is 9.37 Å². The van der Waals surface area contributed by atoms with Crippen LogP contribution in [0.25, 0.3) is 11.4 Å². The molecule has 156 valence electrons. The van der Waals surface area contributed by atoms with E-state index in [1.54, 1.807) is 18.3 Å². The van der Waals surface area contributed by atoms with Crippen molar-refractivity contribution in [1.29, 1.82) is 0 Å². The first-order valence-corrected chi connectivity index (χ1v) is 10.3. The molecule has 30 heavy (non-hydrogen) atoms. The van der Waals surface area contributed by atoms with E-state index < -0.39 is 6.10 Å². The molecule has 0 unspecified atom stereocenters. The number of fused-ring (bicyclic) bond motifs is 1. The lowest BCUT2D eigenvalue weighted by Gasteiger charge is -2.35. The first kappa shape index (κ1) is 19.0. The van der Waals surface area contributed by atoms with Crippen LogP contribution >= 0.6 is 0 Å². The van der Waals surface area contributed by atoms with E-state index in [1.165, 1.54) is 12.1 Å². The average Bonchev–Trinajstić information content (AvgIpc) is 3.46. The molecular formula is C22H24FN5O2. The number of H-pyrrole nitrogens is 1. The number of imidazole rings is 1. The number of carbonyl (C=O) groups excluding carboxylic acids is 1. The number of carbonyl (C=O) groups is 1. The van der Waals surface area contributed by atoms with Crippen molar-refractivity contribution < 1.29 is 14.3 Å². The lowest BCUT2D eigenvalue weighted by Crippen LogP contribution is -2.36. The number of aromatic amines is 1. The van der Waals surface area contributed by atoms with Crippen molar-refractivity contribution in [3.8, 4) is 11.4 Å². The SMILES string of the molecule is Cc1[nH]c(-c2ccc(F)cc2)nc1C(=O)N1C[C@H]2C[C@@H](n3cccn3)[C@H](O)C[C@H]2C1. The maximum absolute atomic E-state index is 13.2. The van der Waals surface area contributed by atoms with Gasteiger partial charge >= 0.3 is 0 Å². The van der Waals surface area contributed by atoms with Crippen molar-refractivity contribution in [2.45, 2.75) is 31.9 Å². The number of aryl methyl sites for hydroxylation is 1. The minimum Gasteiger partial charge on any atom is -0.391 e. The van der Waals surface area contributed by atoms with Crippen LogP contribution in [-0.4, -0.2) is 54.9 Å². The summed E-state index contributed by atoms with van der Waals surface area (Å²) in [6.07, 6.45) is 4.62. The van der Waals surface area contributed by atoms with E-state index in [2.05, 4.69) is 15.1 Å². The number of hydrogen-bond acceptors (Lipinski definition) is 4. The van der Waals surface area contributed by atoms with Crippen LogP contribution in [0.4, 0.5) is 4.39 Å². The Hall–Kier alpha value is -3.00. The normalized spacial score (nSPS) is 26.0. The quantitative estimate of drug-likeness (QED) is 0.696. The second kappa shape index (κ2) is 7.36. The Labute approximate surface area is 173 Å². The summed E-state index contributed by atoms with van der Waals surface area (Å²) in [5.41, 5.74) is 1.83. The van der Waals surface area contributed by atoms with Crippen molar-refractivity contribution in [2.24, 2.45) is 11.8 Å². The van der Waals surface area contributed by atoms with Crippen molar-refractivity contribution in [1.82, 2.24) is 24.6 Å². The van der Waals surface area contributed by atoms with Crippen molar-refractivity contribution in [3.63, 3.8) is 0 Å². The molecule has 4 atom stereocenters. The third-order valence-electron chi connectivity index (χ3n) is 6.47. The number of nitrogens with one attached hydrogen (secondary N) is 1. The fraction of sp³-hybridized carbons (Fsp3) is 0.409. The Morgan fingerprint density at radius 3 is 2.63 bits per heavy atom. The van der Waals surface area contributed by atoms with Crippen LogP contribution in [0, 0.1) is 24.6 Å². The van der Waals surface area contributed by atoms with Crippen LogP contribution in [-0.2, 0) is 0 Å². The van der Waals surface area contributed by atoms with E-state index >= 15 is 0 Å². The van der Waals surface area contributed by atoms with Crippen molar-refractivity contribution >= 4 is 5.91 Å². The van der Waals surface area contributed by atoms with E-state index in [0.717, 1.165) is 12.0 Å². The molecule has 8 heteroatoms. The molecule has 1 aliphatic heterocycles. The van der Waals surface area contributed by atoms with Crippen LogP contribution in [0.5, 0.6) is 0 Å². The van der Waals surface area contributed by atoms with Gasteiger partial charge in [-0.05, 0) is 61.9 Å². The van der Waals surface area contributed by atoms with Gasteiger partial charge in [0.2, 0.25) is 0 Å². The number of amides is 1. The fourth-order valence-corrected chi connectivity index (χ4v) is 4.90. The molecule has 3 aromatic rings. The maximum atomic E-state index is 13.2. The zero-order chi connectivity index (χ0) is 20.8. The summed E-state index contributed by atoms with van der Waals surface area (Å²) in [6.45, 7) is 3.12. The lowest BCUT2D eigenvalue weighted by molar-refractivity contribution is 0.0306. The molecule has 5 rings (SSSR count). The lowest BCUT2D eigenvalue weighted by atomic mass is 9.77. The second-order valence-corrected chi connectivity index (χ2v) is 8.39. The predicted octanol–water partition coefficient (Wildman–Crippen LogP) is 2.80. The third-order valence-corrected chi connectivity index (χ3v) is 6.47. The van der Waals surface area contributed by atoms with Gasteiger partial charge in [-0.2, -0.15) is 5.10 Å². The summed E-state index contributed by atoms with van der Waals surface area (Å²) < 4.78 is 15.0. The van der Waals surface area contributed by atoms with Gasteiger partial charge in [0.1, 0.15) is 17.3 Å². The van der Waals surface area contributed by atoms with E-state index in [4.69, 9.17) is 0 Å². The number of hydrogen-bond donors (Lipinski definition) is 2. The molecule has 1 aliphatic carbocycles. The molecule has 1 amide bonds. The van der Waals surface area contributed by atoms with Crippen molar-refractivity contribution in [2.75, 3.05) is 13.1 Å². The minimum absolute atomic E-state index is 0.0477. The molecule has 2 fully saturated rings. The number of aromatic nitrogens is 4. The summed E-state index contributed by atoms with van der Waals surface area (Å²) in [7, 11) is 0. The molecule has 0 bridgehead atoms. The fourth-order valence-electron chi connectivity index (χ4n) is 4.90. The number of nitrogens with zero attached hydrogens (tertiary/aromatic N) is 4. The zero-order valence-electron chi connectivity index (χ0n) is 16.7. The Bertz CT molecular complexity index is 1050. The molecule has 7 nitrogen and oxygen atoms in total. The van der Waals surface area contributed by atoms with Gasteiger partial charge in [-0.1, -0.05) is 0 Å². The predicted molar refractivity (Wildman–Crippen MR) is 108 cm³/mol. The Morgan fingerprint density at radius 1 is 1.20 bits per heavy atom. The molecule has 2 aromatic heterocycles. The molecule has 2 aliphatic rings. The monoisotopic (exact) mass is 409 g/mol. The van der Waals surface area contributed by atoms with Crippen molar-refractivity contribution in [3.05, 3.63) is 59.9 Å². The largest absolute Gasteiger partial charge is 0.391 e. The highest BCUT2D eigenvalue weighted by atomic mass is 19.1. The summed E-state index contributed by atoms with van der Waals surface area (Å²) in [5.74, 6) is 0.765. The number of halogens is 1. The first-order valence-electron chi connectivity index (χ1n) is 10.3. The van der Waals surface area contributed by atoms with E-state index in [0.29, 0.717) is 42.6 Å². The van der Waals surface area contributed by atoms with Crippen LogP contribution in [0.15, 0.2) is 42.7 Å². The van der Waals surface area contributed by atoms with Gasteiger partial charge in [0.25, 0.3) is 5.91 Å². The maximum Gasteiger partial charge on any atom is 0.274 e. The van der Waals surface area contributed by atoms with E-state index in [9.17, 15) is 14.3 Å². The summed E-state index contributed by atoms with van der Waals surface area (Å²) in [4.78, 5) is 22.7. The number of likely N-dealkylation sites (tertiary alicyclic amines) is 1. The summed E-state index contributed by atoms with van der Waals surface area (Å²) in [6, 6.07) is 7.85. The smallest absolute Gasteiger partial charge is 0.274 e. The van der Waals surface area contributed by atoms with Crippen LogP contribution in [0.2, 0.25) is 0 Å². The Balaban J connectivity index is 1.33. The first-order chi connectivity index (χ1) is 14.5. The van der Waals surface area contributed by atoms with Crippen LogP contribution < -0.4 is 0 Å². The molecule has 1 saturated heterocycles. The summed E-state index contributed by atoms with van der Waals surface area (Å²) in [5, 5.41) is 14.9. The number of rotatable bonds is 3. The Kier molecular flexibility index (Phi) is 4.66. The highest BCUT2D eigenvalue weighted by Crippen LogP contribution is 2.41. The van der Waals surface area contributed by atoms with Crippen LogP contribution in [0.1, 0.15) is 35.1 Å². The van der Waals surface area contributed by atoms with Gasteiger partial charge in [0.15, 0.2) is 0 Å². The average molecular weight is 409 g/mol. The number of aliphatic hydroxyl groups excluding tert-OH is 1. The number of benzene rings is 1. The van der Waals surface area contributed by atoms with E-state index in [1.807, 2.05) is 28.8 Å². The second-order valence-electron chi connectivity index (χ2n) is 8.39. The standard InChI is InChI=1S/C22H24FN5O2/c1-13-20(26-21(25-13)14-3-5-17(23)6-4-14)22(30)27-11-15-9-18(28-8-2-7-24-28)19(29)10-16(15)12-27/h2-8,15-16,18-19,29H,9-12H2,1H3,(H,25,26)/t15-,16+,18-,19-/m1/s1. The van der Waals surface area contributed by atoms with E-state index in [-0.39, 0.29) is 23.7 Å². The van der Waals surface area contributed by atoms with Gasteiger partial charge in [0, 0.05) is 36.7 Å². The third kappa shape index (κ3) is 3.31. The molecule has 1 aromatic carbocycles. The summed E-state index contributed by atoms with van der Waals surface area (Å²) >= 11 is 0. The highest BCUT2D eigenvalue weighted by Gasteiger charge is 2.44. The van der Waals surface area contributed by atoms with Gasteiger partial charge in [-0.15, -0.1) is 0 Å². The molecule has 0 spiro atoms. The zero-order valence-corrected chi connectivity index (χ0v) is 16.7. The molecular weight excluding hydrogens is 385 g/mol. The van der Waals surface area contributed by atoms with Gasteiger partial charge in [-0.3, -0.25) is 9.48 Å². The van der Waals surface area contributed by atoms with Crippen LogP contribution in [0.3, 0.4) is 0 Å². The number of aliphatic hydroxyl groups is 1. The molecule has 2 N–H and O–H groups in total. The van der Waals surface area contributed by atoms with Gasteiger partial charge < -0.3 is 15.0 Å².